The summed E-state index contributed by atoms with van der Waals surface area (Å²) in [5.41, 5.74) is 0.997. The maximum Gasteiger partial charge on any atom is 0.330 e. The van der Waals surface area contributed by atoms with Gasteiger partial charge < -0.3 is 15.5 Å². The second-order valence-corrected chi connectivity index (χ2v) is 4.01. The molecule has 0 aliphatic heterocycles. The highest BCUT2D eigenvalue weighted by atomic mass is 19.1. The Balaban J connectivity index is 2.23. The minimum Gasteiger partial charge on any atom is -0.508 e. The van der Waals surface area contributed by atoms with Crippen LogP contribution in [0.5, 0.6) is 5.75 Å². The van der Waals surface area contributed by atoms with Gasteiger partial charge in [-0.3, -0.25) is 0 Å². The van der Waals surface area contributed by atoms with E-state index >= 15 is 0 Å². The number of carbonyl (C=O) groups is 1. The average molecular weight is 261 g/mol. The molecule has 0 fully saturated rings. The van der Waals surface area contributed by atoms with E-state index in [4.69, 9.17) is 0 Å². The van der Waals surface area contributed by atoms with Crippen molar-refractivity contribution in [2.24, 2.45) is 0 Å². The summed E-state index contributed by atoms with van der Waals surface area (Å²) < 4.78 is 12.8. The van der Waals surface area contributed by atoms with Crippen LogP contribution in [0.4, 0.5) is 10.1 Å². The number of aliphatic carboxylic acids is 1. The summed E-state index contributed by atoms with van der Waals surface area (Å²) in [5, 5.41) is 21.2. The quantitative estimate of drug-likeness (QED) is 0.791. The van der Waals surface area contributed by atoms with E-state index in [1.165, 1.54) is 48.5 Å². The van der Waals surface area contributed by atoms with Crippen LogP contribution in [0.25, 0.3) is 0 Å². The zero-order valence-electron chi connectivity index (χ0n) is 9.88. The summed E-state index contributed by atoms with van der Waals surface area (Å²) in [6.07, 6.45) is 0. The van der Waals surface area contributed by atoms with Crippen molar-refractivity contribution in [1.82, 2.24) is 0 Å². The van der Waals surface area contributed by atoms with Gasteiger partial charge in [-0.1, -0.05) is 12.1 Å². The van der Waals surface area contributed by atoms with Crippen LogP contribution in [0.1, 0.15) is 11.6 Å². The number of halogens is 1. The van der Waals surface area contributed by atoms with Crippen molar-refractivity contribution in [3.63, 3.8) is 0 Å². The summed E-state index contributed by atoms with van der Waals surface area (Å²) >= 11 is 0. The number of benzene rings is 2. The van der Waals surface area contributed by atoms with Gasteiger partial charge in [-0.05, 0) is 42.0 Å². The molecule has 2 aromatic carbocycles. The number of hydrogen-bond acceptors (Lipinski definition) is 3. The second kappa shape index (κ2) is 5.39. The maximum atomic E-state index is 12.8. The van der Waals surface area contributed by atoms with Crippen molar-refractivity contribution in [3.8, 4) is 5.75 Å². The fraction of sp³-hybridized carbons (Fsp3) is 0.0714. The molecule has 3 N–H and O–H groups in total. The molecule has 0 saturated carbocycles. The SMILES string of the molecule is O=C(O)C(Nc1ccc(F)cc1)c1ccc(O)cc1. The van der Waals surface area contributed by atoms with Crippen molar-refractivity contribution < 1.29 is 19.4 Å². The molecule has 2 aromatic rings. The van der Waals surface area contributed by atoms with Gasteiger partial charge >= 0.3 is 5.97 Å². The molecule has 0 heterocycles. The van der Waals surface area contributed by atoms with Crippen LogP contribution < -0.4 is 5.32 Å². The highest BCUT2D eigenvalue weighted by Crippen LogP contribution is 2.22. The van der Waals surface area contributed by atoms with E-state index in [0.29, 0.717) is 11.3 Å². The van der Waals surface area contributed by atoms with Gasteiger partial charge in [0.1, 0.15) is 11.6 Å². The maximum absolute atomic E-state index is 12.8. The predicted molar refractivity (Wildman–Crippen MR) is 68.5 cm³/mol. The molecular weight excluding hydrogens is 249 g/mol. The molecule has 0 aliphatic rings. The smallest absolute Gasteiger partial charge is 0.330 e. The van der Waals surface area contributed by atoms with Gasteiger partial charge in [0.25, 0.3) is 0 Å². The van der Waals surface area contributed by atoms with E-state index < -0.39 is 12.0 Å². The molecule has 0 spiro atoms. The highest BCUT2D eigenvalue weighted by molar-refractivity contribution is 5.79. The lowest BCUT2D eigenvalue weighted by Crippen LogP contribution is -2.20. The van der Waals surface area contributed by atoms with E-state index in [-0.39, 0.29) is 11.6 Å². The van der Waals surface area contributed by atoms with Gasteiger partial charge in [-0.25, -0.2) is 9.18 Å². The Morgan fingerprint density at radius 2 is 1.63 bits per heavy atom. The fourth-order valence-electron chi connectivity index (χ4n) is 1.67. The van der Waals surface area contributed by atoms with Gasteiger partial charge in [0.15, 0.2) is 6.04 Å². The Labute approximate surface area is 109 Å². The van der Waals surface area contributed by atoms with Crippen molar-refractivity contribution in [2.75, 3.05) is 5.32 Å². The van der Waals surface area contributed by atoms with E-state index in [0.717, 1.165) is 0 Å². The number of anilines is 1. The first kappa shape index (κ1) is 12.9. The Kier molecular flexibility index (Phi) is 3.66. The summed E-state index contributed by atoms with van der Waals surface area (Å²) in [4.78, 5) is 11.3. The number of aromatic hydroxyl groups is 1. The molecule has 0 saturated heterocycles. The molecule has 1 atom stereocenters. The minimum atomic E-state index is -1.06. The number of phenols is 1. The number of nitrogens with one attached hydrogen (secondary N) is 1. The molecule has 0 aromatic heterocycles. The van der Waals surface area contributed by atoms with Gasteiger partial charge in [0, 0.05) is 5.69 Å². The first-order valence-electron chi connectivity index (χ1n) is 5.60. The molecular formula is C14H12FNO3. The normalized spacial score (nSPS) is 11.8. The number of rotatable bonds is 4. The van der Waals surface area contributed by atoms with Crippen LogP contribution >= 0.6 is 0 Å². The molecule has 98 valence electrons. The lowest BCUT2D eigenvalue weighted by Gasteiger charge is -2.16. The highest BCUT2D eigenvalue weighted by Gasteiger charge is 2.19. The topological polar surface area (TPSA) is 69.6 Å². The molecule has 0 aliphatic carbocycles. The Bertz CT molecular complexity index is 566. The van der Waals surface area contributed by atoms with E-state index in [2.05, 4.69) is 5.32 Å². The zero-order chi connectivity index (χ0) is 13.8. The first-order valence-corrected chi connectivity index (χ1v) is 5.60. The Morgan fingerprint density at radius 3 is 2.16 bits per heavy atom. The summed E-state index contributed by atoms with van der Waals surface area (Å²) in [7, 11) is 0. The Hall–Kier alpha value is -2.56. The van der Waals surface area contributed by atoms with Gasteiger partial charge in [-0.2, -0.15) is 0 Å². The van der Waals surface area contributed by atoms with Crippen molar-refractivity contribution in [1.29, 1.82) is 0 Å². The summed E-state index contributed by atoms with van der Waals surface area (Å²) in [6.45, 7) is 0. The van der Waals surface area contributed by atoms with E-state index in [1.807, 2.05) is 0 Å². The largest absolute Gasteiger partial charge is 0.508 e. The van der Waals surface area contributed by atoms with E-state index in [9.17, 15) is 19.4 Å². The zero-order valence-corrected chi connectivity index (χ0v) is 9.88. The third-order valence-electron chi connectivity index (χ3n) is 2.63. The predicted octanol–water partition coefficient (Wildman–Crippen LogP) is 2.77. The van der Waals surface area contributed by atoms with Crippen LogP contribution in [0.2, 0.25) is 0 Å². The van der Waals surface area contributed by atoms with Gasteiger partial charge in [0.2, 0.25) is 0 Å². The van der Waals surface area contributed by atoms with Crippen molar-refractivity contribution in [2.45, 2.75) is 6.04 Å². The van der Waals surface area contributed by atoms with Gasteiger partial charge in [-0.15, -0.1) is 0 Å². The number of hydrogen-bond donors (Lipinski definition) is 3. The molecule has 0 amide bonds. The van der Waals surface area contributed by atoms with Crippen LogP contribution in [0, 0.1) is 5.82 Å². The first-order chi connectivity index (χ1) is 9.06. The Morgan fingerprint density at radius 1 is 1.05 bits per heavy atom. The fourth-order valence-corrected chi connectivity index (χ4v) is 1.67. The molecule has 19 heavy (non-hydrogen) atoms. The van der Waals surface area contributed by atoms with Crippen LogP contribution in [0.15, 0.2) is 48.5 Å². The third-order valence-corrected chi connectivity index (χ3v) is 2.63. The molecule has 5 heteroatoms. The molecule has 4 nitrogen and oxygen atoms in total. The summed E-state index contributed by atoms with van der Waals surface area (Å²) in [6, 6.07) is 10.3. The monoisotopic (exact) mass is 261 g/mol. The van der Waals surface area contributed by atoms with Crippen molar-refractivity contribution in [3.05, 3.63) is 59.9 Å². The average Bonchev–Trinajstić information content (AvgIpc) is 2.39. The van der Waals surface area contributed by atoms with Crippen LogP contribution in [0.3, 0.4) is 0 Å². The van der Waals surface area contributed by atoms with Gasteiger partial charge in [0.05, 0.1) is 0 Å². The number of phenolic OH excluding ortho intramolecular Hbond substituents is 1. The second-order valence-electron chi connectivity index (χ2n) is 4.01. The van der Waals surface area contributed by atoms with Crippen LogP contribution in [-0.4, -0.2) is 16.2 Å². The van der Waals surface area contributed by atoms with Crippen molar-refractivity contribution >= 4 is 11.7 Å². The molecule has 0 radical (unpaired) electrons. The standard InChI is InChI=1S/C14H12FNO3/c15-10-3-5-11(6-4-10)16-13(14(18)19)9-1-7-12(17)8-2-9/h1-8,13,16-17H,(H,18,19). The third kappa shape index (κ3) is 3.22. The number of carboxylic acids is 1. The molecule has 0 bridgehead atoms. The lowest BCUT2D eigenvalue weighted by molar-refractivity contribution is -0.138. The number of carboxylic acid groups (broad SMARTS) is 1. The lowest BCUT2D eigenvalue weighted by atomic mass is 10.1. The van der Waals surface area contributed by atoms with E-state index in [1.54, 1.807) is 0 Å². The minimum absolute atomic E-state index is 0.0645. The summed E-state index contributed by atoms with van der Waals surface area (Å²) in [5.74, 6) is -1.38. The molecule has 2 rings (SSSR count). The molecule has 1 unspecified atom stereocenters. The van der Waals surface area contributed by atoms with Crippen LogP contribution in [-0.2, 0) is 4.79 Å².